The van der Waals surface area contributed by atoms with Gasteiger partial charge in [0.2, 0.25) is 6.79 Å². The van der Waals surface area contributed by atoms with Gasteiger partial charge in [-0.1, -0.05) is 11.6 Å². The van der Waals surface area contributed by atoms with Crippen molar-refractivity contribution in [1.29, 1.82) is 0 Å². The highest BCUT2D eigenvalue weighted by Crippen LogP contribution is 2.39. The molecule has 1 aliphatic heterocycles. The number of nitrogens with two attached hydrogens (primary N) is 1. The maximum absolute atomic E-state index is 5.92. The van der Waals surface area contributed by atoms with Crippen LogP contribution in [0.4, 0.5) is 0 Å². The number of ether oxygens (including phenoxy) is 2. The highest BCUT2D eigenvalue weighted by molar-refractivity contribution is 6.31. The highest BCUT2D eigenvalue weighted by atomic mass is 35.5. The van der Waals surface area contributed by atoms with Crippen molar-refractivity contribution in [1.82, 2.24) is 0 Å². The van der Waals surface area contributed by atoms with Gasteiger partial charge in [0, 0.05) is 5.56 Å². The third-order valence-corrected chi connectivity index (χ3v) is 2.17. The largest absolute Gasteiger partial charge is 0.454 e. The summed E-state index contributed by atoms with van der Waals surface area (Å²) in [5.74, 6) is 6.27. The lowest BCUT2D eigenvalue weighted by Gasteiger charge is -2.05. The standard InChI is InChI=1S/C8H8ClNO3/c9-6-1-2-7-8(12-4-11-7)5(6)3-13-10/h1-2H,3-4,10H2. The van der Waals surface area contributed by atoms with Crippen LogP contribution in [0.3, 0.4) is 0 Å². The highest BCUT2D eigenvalue weighted by Gasteiger charge is 2.19. The summed E-state index contributed by atoms with van der Waals surface area (Å²) >= 11 is 5.92. The van der Waals surface area contributed by atoms with Crippen LogP contribution in [0.5, 0.6) is 11.5 Å². The second-order valence-corrected chi connectivity index (χ2v) is 2.98. The Hall–Kier alpha value is -0.970. The van der Waals surface area contributed by atoms with Crippen molar-refractivity contribution in [2.45, 2.75) is 6.61 Å². The molecule has 70 valence electrons. The van der Waals surface area contributed by atoms with Crippen LogP contribution in [0, 0.1) is 0 Å². The summed E-state index contributed by atoms with van der Waals surface area (Å²) in [4.78, 5) is 4.51. The summed E-state index contributed by atoms with van der Waals surface area (Å²) in [7, 11) is 0. The molecule has 0 saturated heterocycles. The van der Waals surface area contributed by atoms with Crippen LogP contribution in [0.2, 0.25) is 5.02 Å². The molecule has 0 aliphatic carbocycles. The Labute approximate surface area is 80.1 Å². The third-order valence-electron chi connectivity index (χ3n) is 1.81. The van der Waals surface area contributed by atoms with Gasteiger partial charge in [0.1, 0.15) is 0 Å². The van der Waals surface area contributed by atoms with E-state index in [4.69, 9.17) is 27.0 Å². The molecule has 0 fully saturated rings. The predicted molar refractivity (Wildman–Crippen MR) is 46.6 cm³/mol. The van der Waals surface area contributed by atoms with Gasteiger partial charge in [-0.05, 0) is 12.1 Å². The van der Waals surface area contributed by atoms with Gasteiger partial charge >= 0.3 is 0 Å². The normalized spacial score (nSPS) is 13.4. The van der Waals surface area contributed by atoms with E-state index in [0.717, 1.165) is 5.56 Å². The van der Waals surface area contributed by atoms with Gasteiger partial charge in [0.05, 0.1) is 11.6 Å². The lowest BCUT2D eigenvalue weighted by molar-refractivity contribution is 0.120. The average molecular weight is 202 g/mol. The number of hydrogen-bond acceptors (Lipinski definition) is 4. The summed E-state index contributed by atoms with van der Waals surface area (Å²) in [6.45, 7) is 0.429. The van der Waals surface area contributed by atoms with Crippen LogP contribution in [0.1, 0.15) is 5.56 Å². The van der Waals surface area contributed by atoms with E-state index in [1.165, 1.54) is 0 Å². The van der Waals surface area contributed by atoms with E-state index >= 15 is 0 Å². The van der Waals surface area contributed by atoms with Crippen molar-refractivity contribution >= 4 is 11.6 Å². The van der Waals surface area contributed by atoms with Crippen molar-refractivity contribution in [3.8, 4) is 11.5 Å². The molecule has 0 aromatic heterocycles. The van der Waals surface area contributed by atoms with Gasteiger partial charge in [-0.2, -0.15) is 0 Å². The van der Waals surface area contributed by atoms with Crippen molar-refractivity contribution < 1.29 is 14.3 Å². The molecule has 1 aliphatic rings. The van der Waals surface area contributed by atoms with Crippen molar-refractivity contribution in [2.24, 2.45) is 5.90 Å². The summed E-state index contributed by atoms with van der Waals surface area (Å²) in [5, 5.41) is 0.565. The van der Waals surface area contributed by atoms with Gasteiger partial charge in [0.25, 0.3) is 0 Å². The maximum atomic E-state index is 5.92. The molecule has 0 spiro atoms. The fourth-order valence-corrected chi connectivity index (χ4v) is 1.43. The smallest absolute Gasteiger partial charge is 0.231 e. The minimum absolute atomic E-state index is 0.214. The first-order chi connectivity index (χ1) is 6.33. The summed E-state index contributed by atoms with van der Waals surface area (Å²) in [6.07, 6.45) is 0. The van der Waals surface area contributed by atoms with E-state index in [1.807, 2.05) is 0 Å². The van der Waals surface area contributed by atoms with E-state index in [-0.39, 0.29) is 13.4 Å². The Morgan fingerprint density at radius 3 is 3.08 bits per heavy atom. The second-order valence-electron chi connectivity index (χ2n) is 2.57. The van der Waals surface area contributed by atoms with Crippen LogP contribution in [0.25, 0.3) is 0 Å². The molecule has 1 heterocycles. The van der Waals surface area contributed by atoms with Crippen molar-refractivity contribution in [3.05, 3.63) is 22.7 Å². The molecule has 2 N–H and O–H groups in total. The molecule has 0 unspecified atom stereocenters. The number of fused-ring (bicyclic) bond motifs is 1. The molecule has 0 radical (unpaired) electrons. The SMILES string of the molecule is NOCc1c(Cl)ccc2c1OCO2. The molecule has 1 aromatic rings. The minimum Gasteiger partial charge on any atom is -0.454 e. The van der Waals surface area contributed by atoms with E-state index in [9.17, 15) is 0 Å². The fourth-order valence-electron chi connectivity index (χ4n) is 1.22. The molecule has 0 atom stereocenters. The number of rotatable bonds is 2. The van der Waals surface area contributed by atoms with Crippen molar-refractivity contribution in [2.75, 3.05) is 6.79 Å². The van der Waals surface area contributed by atoms with Gasteiger partial charge in [-0.25, -0.2) is 5.90 Å². The molecule has 0 amide bonds. The Kier molecular flexibility index (Phi) is 2.26. The van der Waals surface area contributed by atoms with Gasteiger partial charge in [-0.15, -0.1) is 0 Å². The third kappa shape index (κ3) is 1.44. The molecule has 0 bridgehead atoms. The zero-order chi connectivity index (χ0) is 9.26. The molecule has 1 aromatic carbocycles. The van der Waals surface area contributed by atoms with E-state index in [2.05, 4.69) is 4.84 Å². The number of halogens is 1. The van der Waals surface area contributed by atoms with Crippen LogP contribution in [-0.2, 0) is 11.4 Å². The number of benzene rings is 1. The van der Waals surface area contributed by atoms with Crippen LogP contribution >= 0.6 is 11.6 Å². The first-order valence-electron chi connectivity index (χ1n) is 3.71. The molecule has 0 saturated carbocycles. The number of hydrogen-bond donors (Lipinski definition) is 1. The van der Waals surface area contributed by atoms with Crippen molar-refractivity contribution in [3.63, 3.8) is 0 Å². The van der Waals surface area contributed by atoms with Crippen LogP contribution in [0.15, 0.2) is 12.1 Å². The monoisotopic (exact) mass is 201 g/mol. The van der Waals surface area contributed by atoms with E-state index in [1.54, 1.807) is 12.1 Å². The average Bonchev–Trinajstić information content (AvgIpc) is 2.58. The lowest BCUT2D eigenvalue weighted by Crippen LogP contribution is -2.01. The van der Waals surface area contributed by atoms with Gasteiger partial charge in [0.15, 0.2) is 11.5 Å². The second kappa shape index (κ2) is 3.41. The van der Waals surface area contributed by atoms with E-state index in [0.29, 0.717) is 16.5 Å². The molecule has 5 heteroatoms. The summed E-state index contributed by atoms with van der Waals surface area (Å²) in [6, 6.07) is 3.48. The Morgan fingerprint density at radius 2 is 2.31 bits per heavy atom. The fraction of sp³-hybridized carbons (Fsp3) is 0.250. The Balaban J connectivity index is 2.45. The first kappa shape index (κ1) is 8.62. The maximum Gasteiger partial charge on any atom is 0.231 e. The zero-order valence-corrected chi connectivity index (χ0v) is 7.50. The molecular formula is C8H8ClNO3. The van der Waals surface area contributed by atoms with Gasteiger partial charge < -0.3 is 9.47 Å². The molecule has 2 rings (SSSR count). The Morgan fingerprint density at radius 1 is 1.46 bits per heavy atom. The quantitative estimate of drug-likeness (QED) is 0.736. The first-order valence-corrected chi connectivity index (χ1v) is 4.09. The molecule has 13 heavy (non-hydrogen) atoms. The summed E-state index contributed by atoms with van der Waals surface area (Å²) < 4.78 is 10.4. The zero-order valence-electron chi connectivity index (χ0n) is 6.75. The van der Waals surface area contributed by atoms with Crippen LogP contribution in [-0.4, -0.2) is 6.79 Å². The van der Waals surface area contributed by atoms with Gasteiger partial charge in [-0.3, -0.25) is 4.84 Å². The molecule has 4 nitrogen and oxygen atoms in total. The predicted octanol–water partition coefficient (Wildman–Crippen LogP) is 1.46. The lowest BCUT2D eigenvalue weighted by atomic mass is 10.2. The van der Waals surface area contributed by atoms with E-state index < -0.39 is 0 Å². The molecular weight excluding hydrogens is 194 g/mol. The Bertz CT molecular complexity index is 329. The topological polar surface area (TPSA) is 53.7 Å². The summed E-state index contributed by atoms with van der Waals surface area (Å²) in [5.41, 5.74) is 0.721. The van der Waals surface area contributed by atoms with Crippen LogP contribution < -0.4 is 15.4 Å². The minimum atomic E-state index is 0.214.